The van der Waals surface area contributed by atoms with Gasteiger partial charge in [-0.05, 0) is 56.6 Å². The van der Waals surface area contributed by atoms with Crippen LogP contribution >= 0.6 is 24.2 Å². The molecule has 1 aliphatic carbocycles. The van der Waals surface area contributed by atoms with Crippen molar-refractivity contribution in [1.82, 2.24) is 25.4 Å². The van der Waals surface area contributed by atoms with Crippen LogP contribution in [0.25, 0.3) is 11.3 Å². The molecule has 3 aromatic rings. The van der Waals surface area contributed by atoms with Crippen molar-refractivity contribution >= 4 is 47.3 Å². The predicted octanol–water partition coefficient (Wildman–Crippen LogP) is 4.76. The maximum Gasteiger partial charge on any atom is 0.228 e. The first-order valence-electron chi connectivity index (χ1n) is 12.3. The van der Waals surface area contributed by atoms with Gasteiger partial charge in [-0.15, -0.1) is 22.8 Å². The number of pyridine rings is 1. The lowest BCUT2D eigenvalue weighted by Crippen LogP contribution is -2.69. The quantitative estimate of drug-likeness (QED) is 0.305. The number of thiol groups is 1. The Kier molecular flexibility index (Phi) is 7.62. The summed E-state index contributed by atoms with van der Waals surface area (Å²) in [6, 6.07) is 11.0. The van der Waals surface area contributed by atoms with Crippen LogP contribution in [-0.2, 0) is 4.79 Å². The SMILES string of the molecule is CCC1C(NC)CN1C1CC(C(=O)Nc2cc(Nc3cc(-c4cc(Cl)ccc4F)nnc3S)ccn2)C1. The topological polar surface area (TPSA) is 95.1 Å². The van der Waals surface area contributed by atoms with Gasteiger partial charge in [0.05, 0.1) is 11.4 Å². The number of likely N-dealkylation sites (N-methyl/N-ethyl adjacent to an activating group) is 1. The second kappa shape index (κ2) is 10.9. The van der Waals surface area contributed by atoms with Crippen LogP contribution in [0.4, 0.5) is 21.6 Å². The smallest absolute Gasteiger partial charge is 0.228 e. The minimum atomic E-state index is -0.454. The maximum atomic E-state index is 14.3. The number of carbonyl (C=O) groups is 1. The van der Waals surface area contributed by atoms with Gasteiger partial charge < -0.3 is 16.0 Å². The van der Waals surface area contributed by atoms with E-state index in [0.717, 1.165) is 25.8 Å². The average Bonchev–Trinajstić information content (AvgIpc) is 2.83. The van der Waals surface area contributed by atoms with E-state index in [9.17, 15) is 9.18 Å². The molecule has 1 aromatic carbocycles. The summed E-state index contributed by atoms with van der Waals surface area (Å²) in [4.78, 5) is 19.7. The minimum absolute atomic E-state index is 0.0150. The lowest BCUT2D eigenvalue weighted by Gasteiger charge is -2.55. The Morgan fingerprint density at radius 3 is 2.78 bits per heavy atom. The van der Waals surface area contributed by atoms with Crippen molar-refractivity contribution in [2.75, 3.05) is 24.2 Å². The number of amides is 1. The van der Waals surface area contributed by atoms with Gasteiger partial charge in [0, 0.05) is 59.1 Å². The Balaban J connectivity index is 1.22. The fourth-order valence-corrected chi connectivity index (χ4v) is 5.47. The molecule has 11 heteroatoms. The highest BCUT2D eigenvalue weighted by Gasteiger charge is 2.46. The summed E-state index contributed by atoms with van der Waals surface area (Å²) >= 11 is 10.4. The molecule has 2 unspecified atom stereocenters. The van der Waals surface area contributed by atoms with Crippen molar-refractivity contribution in [1.29, 1.82) is 0 Å². The molecule has 1 saturated heterocycles. The number of benzene rings is 1. The molecular formula is C26H29ClFN7OS. The number of rotatable bonds is 8. The number of aromatic nitrogens is 3. The monoisotopic (exact) mass is 541 g/mol. The molecule has 1 aliphatic heterocycles. The summed E-state index contributed by atoms with van der Waals surface area (Å²) in [5, 5.41) is 18.4. The highest BCUT2D eigenvalue weighted by Crippen LogP contribution is 2.38. The van der Waals surface area contributed by atoms with Gasteiger partial charge in [-0.1, -0.05) is 18.5 Å². The summed E-state index contributed by atoms with van der Waals surface area (Å²) in [5.74, 6) is -0.0326. The van der Waals surface area contributed by atoms with Gasteiger partial charge >= 0.3 is 0 Å². The van der Waals surface area contributed by atoms with E-state index in [1.165, 1.54) is 18.2 Å². The molecule has 194 valence electrons. The van der Waals surface area contributed by atoms with E-state index >= 15 is 0 Å². The van der Waals surface area contributed by atoms with E-state index < -0.39 is 5.82 Å². The normalized spacial score (nSPS) is 23.2. The number of hydrogen-bond donors (Lipinski definition) is 4. The van der Waals surface area contributed by atoms with Crippen LogP contribution in [0.15, 0.2) is 47.6 Å². The van der Waals surface area contributed by atoms with Gasteiger partial charge in [0.2, 0.25) is 5.91 Å². The predicted molar refractivity (Wildman–Crippen MR) is 146 cm³/mol. The van der Waals surface area contributed by atoms with Crippen molar-refractivity contribution in [3.8, 4) is 11.3 Å². The van der Waals surface area contributed by atoms with Crippen LogP contribution in [0.2, 0.25) is 5.02 Å². The third-order valence-electron chi connectivity index (χ3n) is 7.31. The second-order valence-electron chi connectivity index (χ2n) is 9.52. The standard InChI is InChI=1S/C26H29ClFN7OS/c1-3-23-22(29-2)13-35(23)17-8-14(9-17)25(36)32-24-11-16(6-7-30-24)31-21-12-20(33-34-26(21)37)18-10-15(27)4-5-19(18)28/h4-7,10-12,14,17,22-23,29H,3,8-9,13H2,1-2H3,(H,34,37)(H2,30,31,32,33,36). The Hall–Kier alpha value is -2.79. The maximum absolute atomic E-state index is 14.3. The number of anilines is 3. The Morgan fingerprint density at radius 2 is 2.03 bits per heavy atom. The third-order valence-corrected chi connectivity index (χ3v) is 7.87. The van der Waals surface area contributed by atoms with Crippen LogP contribution < -0.4 is 16.0 Å². The summed E-state index contributed by atoms with van der Waals surface area (Å²) < 4.78 is 14.3. The first-order chi connectivity index (χ1) is 17.9. The van der Waals surface area contributed by atoms with Crippen LogP contribution in [0.5, 0.6) is 0 Å². The van der Waals surface area contributed by atoms with E-state index in [0.29, 0.717) is 51.1 Å². The Labute approximate surface area is 225 Å². The summed E-state index contributed by atoms with van der Waals surface area (Å²) in [6.45, 7) is 3.26. The van der Waals surface area contributed by atoms with Crippen LogP contribution in [0.1, 0.15) is 26.2 Å². The molecule has 5 rings (SSSR count). The largest absolute Gasteiger partial charge is 0.353 e. The first kappa shape index (κ1) is 25.8. The molecular weight excluding hydrogens is 513 g/mol. The lowest BCUT2D eigenvalue weighted by molar-refractivity contribution is -0.127. The van der Waals surface area contributed by atoms with Crippen molar-refractivity contribution in [3.05, 3.63) is 53.4 Å². The lowest BCUT2D eigenvalue weighted by atomic mass is 9.75. The van der Waals surface area contributed by atoms with E-state index in [4.69, 9.17) is 11.6 Å². The van der Waals surface area contributed by atoms with Crippen molar-refractivity contribution < 1.29 is 9.18 Å². The number of nitrogens with one attached hydrogen (secondary N) is 3. The van der Waals surface area contributed by atoms with E-state index in [-0.39, 0.29) is 17.4 Å². The second-order valence-corrected chi connectivity index (χ2v) is 10.4. The van der Waals surface area contributed by atoms with Crippen LogP contribution in [0, 0.1) is 11.7 Å². The number of nitrogens with zero attached hydrogens (tertiary/aromatic N) is 4. The Morgan fingerprint density at radius 1 is 1.22 bits per heavy atom. The molecule has 3 N–H and O–H groups in total. The summed E-state index contributed by atoms with van der Waals surface area (Å²) in [6.07, 6.45) is 4.45. The molecule has 8 nitrogen and oxygen atoms in total. The van der Waals surface area contributed by atoms with Gasteiger partial charge in [0.1, 0.15) is 16.7 Å². The van der Waals surface area contributed by atoms with Gasteiger partial charge in [-0.2, -0.15) is 0 Å². The zero-order chi connectivity index (χ0) is 26.1. The third kappa shape index (κ3) is 5.43. The highest BCUT2D eigenvalue weighted by atomic mass is 35.5. The number of halogens is 2. The highest BCUT2D eigenvalue weighted by molar-refractivity contribution is 7.80. The summed E-state index contributed by atoms with van der Waals surface area (Å²) in [7, 11) is 2.01. The molecule has 0 radical (unpaired) electrons. The van der Waals surface area contributed by atoms with E-state index in [1.807, 2.05) is 7.05 Å². The number of hydrogen-bond acceptors (Lipinski definition) is 8. The molecule has 37 heavy (non-hydrogen) atoms. The fraction of sp³-hybridized carbons (Fsp3) is 0.385. The number of likely N-dealkylation sites (tertiary alicyclic amines) is 1. The molecule has 1 amide bonds. The molecule has 3 heterocycles. The van der Waals surface area contributed by atoms with Gasteiger partial charge in [0.25, 0.3) is 0 Å². The van der Waals surface area contributed by atoms with Gasteiger partial charge in [-0.25, -0.2) is 9.37 Å². The van der Waals surface area contributed by atoms with Crippen LogP contribution in [-0.4, -0.2) is 57.7 Å². The zero-order valence-electron chi connectivity index (χ0n) is 20.6. The number of carbonyl (C=O) groups excluding carboxylic acids is 1. The molecule has 2 fully saturated rings. The molecule has 0 bridgehead atoms. The molecule has 2 aromatic heterocycles. The van der Waals surface area contributed by atoms with E-state index in [1.54, 1.807) is 24.4 Å². The molecule has 2 aliphatic rings. The zero-order valence-corrected chi connectivity index (χ0v) is 22.2. The molecule has 0 spiro atoms. The average molecular weight is 542 g/mol. The van der Waals surface area contributed by atoms with Gasteiger partial charge in [-0.3, -0.25) is 9.69 Å². The fourth-order valence-electron chi connectivity index (χ4n) is 5.14. The van der Waals surface area contributed by atoms with Crippen molar-refractivity contribution in [2.24, 2.45) is 5.92 Å². The van der Waals surface area contributed by atoms with Crippen molar-refractivity contribution in [2.45, 2.75) is 49.3 Å². The molecule has 2 atom stereocenters. The van der Waals surface area contributed by atoms with Crippen molar-refractivity contribution in [3.63, 3.8) is 0 Å². The minimum Gasteiger partial charge on any atom is -0.353 e. The van der Waals surface area contributed by atoms with Gasteiger partial charge in [0.15, 0.2) is 0 Å². The first-order valence-corrected chi connectivity index (χ1v) is 13.2. The molecule has 1 saturated carbocycles. The van der Waals surface area contributed by atoms with Crippen LogP contribution in [0.3, 0.4) is 0 Å². The summed E-state index contributed by atoms with van der Waals surface area (Å²) in [5.41, 5.74) is 1.75. The Bertz CT molecular complexity index is 1310. The van der Waals surface area contributed by atoms with E-state index in [2.05, 4.69) is 55.6 Å².